The number of hydrogen-bond acceptors (Lipinski definition) is 5. The summed E-state index contributed by atoms with van der Waals surface area (Å²) in [6.07, 6.45) is -1.06. The van der Waals surface area contributed by atoms with Gasteiger partial charge in [0.1, 0.15) is 6.61 Å². The van der Waals surface area contributed by atoms with E-state index >= 15 is 0 Å². The number of carbonyl (C=O) groups is 1. The van der Waals surface area contributed by atoms with E-state index in [1.54, 1.807) is 11.8 Å². The summed E-state index contributed by atoms with van der Waals surface area (Å²) >= 11 is 0. The van der Waals surface area contributed by atoms with Gasteiger partial charge in [-0.2, -0.15) is 0 Å². The number of piperidine rings is 1. The maximum atomic E-state index is 13.4. The molecular weight excluding hydrogens is 320 g/mol. The average Bonchev–Trinajstić information content (AvgIpc) is 2.95. The molecule has 0 unspecified atom stereocenters. The molecule has 0 N–H and O–H groups in total. The van der Waals surface area contributed by atoms with E-state index < -0.39 is 6.43 Å². The highest BCUT2D eigenvalue weighted by Crippen LogP contribution is 2.34. The lowest BCUT2D eigenvalue weighted by Gasteiger charge is -2.32. The van der Waals surface area contributed by atoms with Crippen LogP contribution < -0.4 is 0 Å². The number of likely N-dealkylation sites (tertiary alicyclic amines) is 1. The lowest BCUT2D eigenvalue weighted by atomic mass is 9.93. The number of hydrogen-bond donors (Lipinski definition) is 0. The summed E-state index contributed by atoms with van der Waals surface area (Å²) in [5.74, 6) is -0.209. The number of aromatic nitrogens is 2. The highest BCUT2D eigenvalue weighted by Gasteiger charge is 2.28. The molecule has 0 saturated carbocycles. The average molecular weight is 339 g/mol. The summed E-state index contributed by atoms with van der Waals surface area (Å²) in [7, 11) is 1.47. The van der Waals surface area contributed by atoms with Gasteiger partial charge in [0.2, 0.25) is 5.91 Å². The fourth-order valence-electron chi connectivity index (χ4n) is 3.19. The number of amides is 1. The standard InChI is InChI=1S/C16H19F2N3O3/c1-9-14-11(15(17)18)6-12(19-16(14)24-20-9)10-4-3-5-21(7-10)13(22)8-23-2/h6,10,15H,3-5,7-8H2,1-2H3/t10-/m0/s1. The van der Waals surface area contributed by atoms with E-state index in [1.807, 2.05) is 0 Å². The first-order valence-electron chi connectivity index (χ1n) is 7.83. The summed E-state index contributed by atoms with van der Waals surface area (Å²) in [4.78, 5) is 18.1. The molecule has 24 heavy (non-hydrogen) atoms. The molecule has 0 bridgehead atoms. The van der Waals surface area contributed by atoms with Crippen molar-refractivity contribution in [3.05, 3.63) is 23.0 Å². The van der Waals surface area contributed by atoms with E-state index in [0.29, 0.717) is 24.5 Å². The second kappa shape index (κ2) is 6.80. The molecule has 1 fully saturated rings. The normalized spacial score (nSPS) is 18.5. The van der Waals surface area contributed by atoms with Crippen molar-refractivity contribution in [2.24, 2.45) is 0 Å². The quantitative estimate of drug-likeness (QED) is 0.857. The van der Waals surface area contributed by atoms with Gasteiger partial charge in [0.15, 0.2) is 0 Å². The number of alkyl halides is 2. The van der Waals surface area contributed by atoms with Gasteiger partial charge < -0.3 is 14.2 Å². The zero-order valence-electron chi connectivity index (χ0n) is 13.6. The largest absolute Gasteiger partial charge is 0.375 e. The molecule has 6 nitrogen and oxygen atoms in total. The van der Waals surface area contributed by atoms with Crippen LogP contribution in [-0.4, -0.2) is 47.8 Å². The van der Waals surface area contributed by atoms with E-state index in [1.165, 1.54) is 13.2 Å². The van der Waals surface area contributed by atoms with Crippen molar-refractivity contribution in [3.8, 4) is 0 Å². The fourth-order valence-corrected chi connectivity index (χ4v) is 3.19. The van der Waals surface area contributed by atoms with Crippen LogP contribution in [0.4, 0.5) is 8.78 Å². The lowest BCUT2D eigenvalue weighted by Crippen LogP contribution is -2.41. The number of methoxy groups -OCH3 is 1. The van der Waals surface area contributed by atoms with Crippen molar-refractivity contribution in [3.63, 3.8) is 0 Å². The molecule has 1 aliphatic heterocycles. The number of pyridine rings is 1. The Balaban J connectivity index is 1.92. The number of carbonyl (C=O) groups excluding carboxylic acids is 1. The maximum absolute atomic E-state index is 13.4. The Morgan fingerprint density at radius 2 is 2.33 bits per heavy atom. The molecule has 0 aliphatic carbocycles. The van der Waals surface area contributed by atoms with Crippen LogP contribution in [0.3, 0.4) is 0 Å². The highest BCUT2D eigenvalue weighted by molar-refractivity contribution is 5.80. The van der Waals surface area contributed by atoms with Gasteiger partial charge in [-0.1, -0.05) is 5.16 Å². The Morgan fingerprint density at radius 3 is 3.04 bits per heavy atom. The van der Waals surface area contributed by atoms with E-state index in [-0.39, 0.29) is 35.1 Å². The van der Waals surface area contributed by atoms with Crippen molar-refractivity contribution >= 4 is 17.0 Å². The van der Waals surface area contributed by atoms with Gasteiger partial charge in [-0.05, 0) is 25.8 Å². The third-order valence-electron chi connectivity index (χ3n) is 4.36. The molecular formula is C16H19F2N3O3. The molecule has 2 aromatic rings. The van der Waals surface area contributed by atoms with Crippen molar-refractivity contribution in [2.75, 3.05) is 26.8 Å². The van der Waals surface area contributed by atoms with Gasteiger partial charge in [-0.25, -0.2) is 13.8 Å². The molecule has 0 radical (unpaired) electrons. The van der Waals surface area contributed by atoms with Crippen LogP contribution in [0, 0.1) is 6.92 Å². The summed E-state index contributed by atoms with van der Waals surface area (Å²) in [6.45, 7) is 2.72. The minimum absolute atomic E-state index is 0.0166. The van der Waals surface area contributed by atoms with Crippen LogP contribution >= 0.6 is 0 Å². The zero-order chi connectivity index (χ0) is 17.3. The number of aryl methyl sites for hydroxylation is 1. The smallest absolute Gasteiger partial charge is 0.264 e. The second-order valence-corrected chi connectivity index (χ2v) is 6.00. The second-order valence-electron chi connectivity index (χ2n) is 6.00. The van der Waals surface area contributed by atoms with Gasteiger partial charge in [0.25, 0.3) is 12.1 Å². The molecule has 1 atom stereocenters. The Bertz CT molecular complexity index is 747. The number of rotatable bonds is 4. The molecule has 0 aromatic carbocycles. The Hall–Kier alpha value is -2.09. The molecule has 130 valence electrons. The lowest BCUT2D eigenvalue weighted by molar-refractivity contribution is -0.136. The van der Waals surface area contributed by atoms with E-state index in [0.717, 1.165) is 12.8 Å². The van der Waals surface area contributed by atoms with Gasteiger partial charge in [-0.3, -0.25) is 4.79 Å². The van der Waals surface area contributed by atoms with Crippen LogP contribution in [0.25, 0.3) is 11.1 Å². The molecule has 3 heterocycles. The maximum Gasteiger partial charge on any atom is 0.264 e. The first-order valence-corrected chi connectivity index (χ1v) is 7.83. The Labute approximate surface area is 137 Å². The molecule has 1 aliphatic rings. The number of halogens is 2. The van der Waals surface area contributed by atoms with E-state index in [4.69, 9.17) is 9.26 Å². The number of ether oxygens (including phenoxy) is 1. The van der Waals surface area contributed by atoms with E-state index in [9.17, 15) is 13.6 Å². The van der Waals surface area contributed by atoms with Gasteiger partial charge >= 0.3 is 0 Å². The number of nitrogens with zero attached hydrogens (tertiary/aromatic N) is 3. The summed E-state index contributed by atoms with van der Waals surface area (Å²) in [6, 6.07) is 1.42. The summed E-state index contributed by atoms with van der Waals surface area (Å²) in [5, 5.41) is 4.02. The molecule has 3 rings (SSSR count). The summed E-state index contributed by atoms with van der Waals surface area (Å²) < 4.78 is 36.8. The SMILES string of the molecule is COCC(=O)N1CCC[C@H](c2cc(C(F)F)c3c(C)noc3n2)C1. The van der Waals surface area contributed by atoms with Crippen molar-refractivity contribution in [2.45, 2.75) is 32.1 Å². The molecule has 0 spiro atoms. The van der Waals surface area contributed by atoms with Crippen molar-refractivity contribution < 1.29 is 22.8 Å². The Morgan fingerprint density at radius 1 is 1.54 bits per heavy atom. The predicted octanol–water partition coefficient (Wildman–Crippen LogP) is 2.82. The Kier molecular flexibility index (Phi) is 4.75. The highest BCUT2D eigenvalue weighted by atomic mass is 19.3. The topological polar surface area (TPSA) is 68.5 Å². The van der Waals surface area contributed by atoms with Crippen LogP contribution in [0.2, 0.25) is 0 Å². The predicted molar refractivity (Wildman–Crippen MR) is 81.9 cm³/mol. The van der Waals surface area contributed by atoms with Crippen LogP contribution in [0.5, 0.6) is 0 Å². The molecule has 2 aromatic heterocycles. The van der Waals surface area contributed by atoms with Crippen LogP contribution in [-0.2, 0) is 9.53 Å². The van der Waals surface area contributed by atoms with Gasteiger partial charge in [0, 0.05) is 37.4 Å². The minimum atomic E-state index is -2.64. The summed E-state index contributed by atoms with van der Waals surface area (Å²) in [5.41, 5.74) is 0.929. The zero-order valence-corrected chi connectivity index (χ0v) is 13.6. The third-order valence-corrected chi connectivity index (χ3v) is 4.36. The minimum Gasteiger partial charge on any atom is -0.375 e. The van der Waals surface area contributed by atoms with Crippen molar-refractivity contribution in [1.82, 2.24) is 15.0 Å². The van der Waals surface area contributed by atoms with Gasteiger partial charge in [-0.15, -0.1) is 0 Å². The number of fused-ring (bicyclic) bond motifs is 1. The molecule has 1 saturated heterocycles. The monoisotopic (exact) mass is 339 g/mol. The van der Waals surface area contributed by atoms with Gasteiger partial charge in [0.05, 0.1) is 11.1 Å². The van der Waals surface area contributed by atoms with Crippen LogP contribution in [0.15, 0.2) is 10.6 Å². The molecule has 1 amide bonds. The van der Waals surface area contributed by atoms with Crippen molar-refractivity contribution in [1.29, 1.82) is 0 Å². The van der Waals surface area contributed by atoms with Crippen LogP contribution in [0.1, 0.15) is 42.1 Å². The first-order chi connectivity index (χ1) is 11.5. The fraction of sp³-hybridized carbons (Fsp3) is 0.562. The first kappa shape index (κ1) is 16.8. The third kappa shape index (κ3) is 3.10. The van der Waals surface area contributed by atoms with E-state index in [2.05, 4.69) is 10.1 Å². The molecule has 8 heteroatoms.